The fourth-order valence-electron chi connectivity index (χ4n) is 0.513. The van der Waals surface area contributed by atoms with Crippen LogP contribution in [0.25, 0.3) is 0 Å². The van der Waals surface area contributed by atoms with Crippen molar-refractivity contribution < 1.29 is 3.44 Å². The number of rotatable bonds is 0. The Labute approximate surface area is 73.8 Å². The van der Waals surface area contributed by atoms with Gasteiger partial charge in [0.2, 0.25) is 0 Å². The van der Waals surface area contributed by atoms with E-state index in [9.17, 15) is 0 Å². The van der Waals surface area contributed by atoms with E-state index < -0.39 is 0 Å². The van der Waals surface area contributed by atoms with Crippen LogP contribution in [0.4, 0.5) is 0 Å². The molecule has 2 nitrogen and oxygen atoms in total. The molecule has 0 aromatic heterocycles. The molecule has 0 saturated heterocycles. The van der Waals surface area contributed by atoms with Crippen molar-refractivity contribution >= 4 is 23.0 Å². The lowest BCUT2D eigenvalue weighted by atomic mass is 10.2. The summed E-state index contributed by atoms with van der Waals surface area (Å²) < 4.78 is 6.97. The predicted octanol–water partition coefficient (Wildman–Crippen LogP) is 1.89. The first-order chi connectivity index (χ1) is 4.93. The Kier molecular flexibility index (Phi) is 6.13. The van der Waals surface area contributed by atoms with Gasteiger partial charge in [0, 0.05) is 0 Å². The highest BCUT2D eigenvalue weighted by atomic mass is 127. The maximum Gasteiger partial charge on any atom is 0.106 e. The summed E-state index contributed by atoms with van der Waals surface area (Å²) in [6, 6.07) is 11.2. The van der Waals surface area contributed by atoms with Crippen LogP contribution in [0.15, 0.2) is 30.3 Å². The molecule has 0 aliphatic carbocycles. The third kappa shape index (κ3) is 3.43. The number of nitrogens with zero attached hydrogens (tertiary/aromatic N) is 1. The maximum atomic E-state index is 8.29. The van der Waals surface area contributed by atoms with E-state index in [4.69, 9.17) is 8.70 Å². The average Bonchev–Trinajstić information content (AvgIpc) is 2.10. The highest BCUT2D eigenvalue weighted by Crippen LogP contribution is 1.92. The normalized spacial score (nSPS) is 6.90. The predicted molar refractivity (Wildman–Crippen MR) is 47.4 cm³/mol. The molecule has 0 saturated carbocycles. The quantitative estimate of drug-likeness (QED) is 0.711. The molecule has 1 N–H and O–H groups in total. The minimum absolute atomic E-state index is 0.715. The molecule has 0 atom stereocenters. The zero-order valence-electron chi connectivity index (χ0n) is 5.16. The summed E-state index contributed by atoms with van der Waals surface area (Å²) in [6.45, 7) is 0. The lowest BCUT2D eigenvalue weighted by Gasteiger charge is -1.80. The van der Waals surface area contributed by atoms with Crippen molar-refractivity contribution in [3.63, 3.8) is 0 Å². The summed E-state index contributed by atoms with van der Waals surface area (Å²) in [5.74, 6) is 0. The summed E-state index contributed by atoms with van der Waals surface area (Å²) in [5.41, 5.74) is 0.715. The second-order valence-corrected chi connectivity index (χ2v) is 1.48. The van der Waals surface area contributed by atoms with E-state index in [-0.39, 0.29) is 0 Å². The smallest absolute Gasteiger partial charge is 0.106 e. The van der Waals surface area contributed by atoms with Crippen LogP contribution in [0.5, 0.6) is 0 Å². The zero-order valence-corrected chi connectivity index (χ0v) is 7.32. The molecule has 0 amide bonds. The van der Waals surface area contributed by atoms with E-state index in [1.165, 1.54) is 0 Å². The van der Waals surface area contributed by atoms with E-state index in [0.29, 0.717) is 5.56 Å². The zero-order chi connectivity index (χ0) is 7.82. The molecule has 52 valence electrons. The van der Waals surface area contributed by atoms with Gasteiger partial charge in [0.1, 0.15) is 23.0 Å². The van der Waals surface area contributed by atoms with Crippen molar-refractivity contribution in [2.45, 2.75) is 0 Å². The first-order valence-electron chi connectivity index (χ1n) is 2.55. The fourth-order valence-corrected chi connectivity index (χ4v) is 0.513. The Balaban J connectivity index is 0.000000371. The third-order valence-corrected chi connectivity index (χ3v) is 0.903. The molecule has 0 unspecified atom stereocenters. The number of benzene rings is 1. The number of hydrogen-bond donors (Lipinski definition) is 1. The molecular formula is C7H6INO. The van der Waals surface area contributed by atoms with Gasteiger partial charge in [0.05, 0.1) is 11.6 Å². The topological polar surface area (TPSA) is 44.0 Å². The van der Waals surface area contributed by atoms with Gasteiger partial charge in [-0.15, -0.1) is 0 Å². The lowest BCUT2D eigenvalue weighted by molar-refractivity contribution is 0.748. The molecule has 10 heavy (non-hydrogen) atoms. The molecular weight excluding hydrogens is 241 g/mol. The molecule has 0 fully saturated rings. The molecule has 3 heteroatoms. The second kappa shape index (κ2) is 6.52. The number of nitriles is 1. The molecule has 1 rings (SSSR count). The van der Waals surface area contributed by atoms with Crippen LogP contribution in [0, 0.1) is 11.3 Å². The summed E-state index contributed by atoms with van der Waals surface area (Å²) in [4.78, 5) is 0. The van der Waals surface area contributed by atoms with Gasteiger partial charge >= 0.3 is 0 Å². The van der Waals surface area contributed by atoms with Crippen molar-refractivity contribution in [3.8, 4) is 6.07 Å². The molecule has 0 spiro atoms. The molecule has 0 bridgehead atoms. The number of halogens is 1. The van der Waals surface area contributed by atoms with Crippen LogP contribution in [-0.4, -0.2) is 3.44 Å². The summed E-state index contributed by atoms with van der Waals surface area (Å²) >= 11 is 1.15. The number of hydrogen-bond acceptors (Lipinski definition) is 2. The SMILES string of the molecule is N#Cc1ccccc1.OI. The van der Waals surface area contributed by atoms with Gasteiger partial charge in [-0.3, -0.25) is 0 Å². The highest BCUT2D eigenvalue weighted by molar-refractivity contribution is 14.1. The van der Waals surface area contributed by atoms with Crippen molar-refractivity contribution in [2.75, 3.05) is 0 Å². The van der Waals surface area contributed by atoms with Crippen LogP contribution in [0.2, 0.25) is 0 Å². The van der Waals surface area contributed by atoms with Gasteiger partial charge in [-0.05, 0) is 12.1 Å². The van der Waals surface area contributed by atoms with Crippen molar-refractivity contribution in [1.82, 2.24) is 0 Å². The summed E-state index contributed by atoms with van der Waals surface area (Å²) in [6.07, 6.45) is 0. The standard InChI is InChI=1S/C7H5N.HIO/c8-6-7-4-2-1-3-5-7;1-2/h1-5H;2H. The molecule has 0 aliphatic rings. The van der Waals surface area contributed by atoms with Gasteiger partial charge in [-0.25, -0.2) is 0 Å². The summed E-state index contributed by atoms with van der Waals surface area (Å²) in [7, 11) is 0. The van der Waals surface area contributed by atoms with E-state index in [1.807, 2.05) is 24.3 Å². The van der Waals surface area contributed by atoms with Gasteiger partial charge in [0.15, 0.2) is 0 Å². The van der Waals surface area contributed by atoms with Gasteiger partial charge in [0.25, 0.3) is 0 Å². The van der Waals surface area contributed by atoms with E-state index in [1.54, 1.807) is 12.1 Å². The lowest BCUT2D eigenvalue weighted by Crippen LogP contribution is -1.66. The van der Waals surface area contributed by atoms with Crippen LogP contribution >= 0.6 is 23.0 Å². The minimum Gasteiger partial charge on any atom is -0.331 e. The molecule has 1 aromatic carbocycles. The Morgan fingerprint density at radius 1 is 1.20 bits per heavy atom. The summed E-state index contributed by atoms with van der Waals surface area (Å²) in [5, 5.41) is 8.29. The molecule has 0 aliphatic heterocycles. The van der Waals surface area contributed by atoms with Crippen molar-refractivity contribution in [2.24, 2.45) is 0 Å². The largest absolute Gasteiger partial charge is 0.331 e. The second-order valence-electron chi connectivity index (χ2n) is 1.48. The van der Waals surface area contributed by atoms with Gasteiger partial charge in [-0.1, -0.05) is 18.2 Å². The molecule has 0 heterocycles. The monoisotopic (exact) mass is 247 g/mol. The third-order valence-electron chi connectivity index (χ3n) is 0.903. The maximum absolute atomic E-state index is 8.29. The van der Waals surface area contributed by atoms with Crippen LogP contribution in [-0.2, 0) is 0 Å². The Bertz CT molecular complexity index is 205. The van der Waals surface area contributed by atoms with Crippen LogP contribution < -0.4 is 0 Å². The van der Waals surface area contributed by atoms with E-state index in [2.05, 4.69) is 0 Å². The first-order valence-corrected chi connectivity index (χ1v) is 3.52. The Morgan fingerprint density at radius 3 is 2.00 bits per heavy atom. The molecule has 0 radical (unpaired) electrons. The van der Waals surface area contributed by atoms with Gasteiger partial charge in [-0.2, -0.15) is 5.26 Å². The first kappa shape index (κ1) is 9.40. The highest BCUT2D eigenvalue weighted by Gasteiger charge is 1.79. The van der Waals surface area contributed by atoms with Crippen LogP contribution in [0.1, 0.15) is 5.56 Å². The van der Waals surface area contributed by atoms with E-state index >= 15 is 0 Å². The fraction of sp³-hybridized carbons (Fsp3) is 0. The van der Waals surface area contributed by atoms with Gasteiger partial charge < -0.3 is 3.44 Å². The minimum atomic E-state index is 0.715. The van der Waals surface area contributed by atoms with Crippen molar-refractivity contribution in [1.29, 1.82) is 5.26 Å². The Hall–Kier alpha value is -0.600. The van der Waals surface area contributed by atoms with Crippen molar-refractivity contribution in [3.05, 3.63) is 35.9 Å². The average molecular weight is 247 g/mol. The molecule has 1 aromatic rings. The van der Waals surface area contributed by atoms with Crippen LogP contribution in [0.3, 0.4) is 0 Å². The van der Waals surface area contributed by atoms with E-state index in [0.717, 1.165) is 23.0 Å². The Morgan fingerprint density at radius 2 is 1.70 bits per heavy atom.